The molecule has 0 aromatic heterocycles. The van der Waals surface area contributed by atoms with Crippen LogP contribution in [0.15, 0.2) is 0 Å². The van der Waals surface area contributed by atoms with Gasteiger partial charge in [-0.2, -0.15) is 0 Å². The molecule has 6 heteroatoms. The van der Waals surface area contributed by atoms with Crippen LogP contribution in [-0.4, -0.2) is 40.1 Å². The molecule has 0 aromatic carbocycles. The van der Waals surface area contributed by atoms with Crippen molar-refractivity contribution >= 4 is 23.6 Å². The number of terminal acetylenes is 1. The Morgan fingerprint density at radius 3 is 2.44 bits per heavy atom. The minimum absolute atomic E-state index is 0.157. The monoisotopic (exact) mass is 272 g/mol. The van der Waals surface area contributed by atoms with Gasteiger partial charge in [-0.05, 0) is 12.8 Å². The van der Waals surface area contributed by atoms with Gasteiger partial charge in [0.05, 0.1) is 5.75 Å². The van der Waals surface area contributed by atoms with E-state index in [1.54, 1.807) is 0 Å². The van der Waals surface area contributed by atoms with Gasteiger partial charge in [-0.15, -0.1) is 18.2 Å². The van der Waals surface area contributed by atoms with Crippen LogP contribution >= 0.6 is 11.8 Å². The van der Waals surface area contributed by atoms with Gasteiger partial charge in [0, 0.05) is 5.75 Å². The van der Waals surface area contributed by atoms with Gasteiger partial charge < -0.3 is 16.2 Å². The fourth-order valence-electron chi connectivity index (χ4n) is 1.32. The molecule has 1 atom stereocenters. The zero-order valence-corrected chi connectivity index (χ0v) is 11.5. The van der Waals surface area contributed by atoms with Crippen molar-refractivity contribution < 1.29 is 14.7 Å². The van der Waals surface area contributed by atoms with Gasteiger partial charge in [-0.1, -0.05) is 19.8 Å². The predicted molar refractivity (Wildman–Crippen MR) is 73.2 cm³/mol. The first kappa shape index (κ1) is 16.8. The summed E-state index contributed by atoms with van der Waals surface area (Å²) in [5.41, 5.74) is 4.72. The van der Waals surface area contributed by atoms with Crippen molar-refractivity contribution in [1.82, 2.24) is 5.32 Å². The lowest BCUT2D eigenvalue weighted by molar-refractivity contribution is -0.138. The van der Waals surface area contributed by atoms with E-state index in [2.05, 4.69) is 11.2 Å². The highest BCUT2D eigenvalue weighted by molar-refractivity contribution is 8.00. The third kappa shape index (κ3) is 5.43. The topological polar surface area (TPSA) is 92.4 Å². The van der Waals surface area contributed by atoms with E-state index in [9.17, 15) is 9.59 Å². The first-order valence-corrected chi connectivity index (χ1v) is 6.91. The second-order valence-electron chi connectivity index (χ2n) is 3.94. The van der Waals surface area contributed by atoms with E-state index in [1.165, 1.54) is 11.8 Å². The largest absolute Gasteiger partial charge is 0.480 e. The third-order valence-corrected chi connectivity index (χ3v) is 3.77. The number of nitrogens with two attached hydrogens (primary N) is 1. The molecule has 0 radical (unpaired) electrons. The highest BCUT2D eigenvalue weighted by Crippen LogP contribution is 2.14. The molecule has 0 bridgehead atoms. The minimum atomic E-state index is -1.07. The molecular weight excluding hydrogens is 252 g/mol. The van der Waals surface area contributed by atoms with Gasteiger partial charge >= 0.3 is 5.97 Å². The normalized spacial score (nSPS) is 12.6. The zero-order chi connectivity index (χ0) is 14.2. The summed E-state index contributed by atoms with van der Waals surface area (Å²) in [7, 11) is 0. The summed E-state index contributed by atoms with van der Waals surface area (Å²) in [6.07, 6.45) is 6.74. The lowest BCUT2D eigenvalue weighted by Crippen LogP contribution is -2.47. The fourth-order valence-corrected chi connectivity index (χ4v) is 2.09. The predicted octanol–water partition coefficient (Wildman–Crippen LogP) is 0.440. The smallest absolute Gasteiger partial charge is 0.321 e. The first-order valence-electron chi connectivity index (χ1n) is 5.75. The maximum absolute atomic E-state index is 11.7. The number of carboxylic acid groups (broad SMARTS) is 1. The van der Waals surface area contributed by atoms with Crippen molar-refractivity contribution in [3.63, 3.8) is 0 Å². The number of carbonyl (C=O) groups is 2. The lowest BCUT2D eigenvalue weighted by Gasteiger charge is -2.27. The minimum Gasteiger partial charge on any atom is -0.480 e. The van der Waals surface area contributed by atoms with E-state index in [-0.39, 0.29) is 17.4 Å². The molecule has 0 saturated heterocycles. The molecule has 0 heterocycles. The van der Waals surface area contributed by atoms with Crippen molar-refractivity contribution in [2.75, 3.05) is 11.5 Å². The number of hydrogen-bond acceptors (Lipinski definition) is 4. The Balaban J connectivity index is 4.13. The average Bonchev–Trinajstić information content (AvgIpc) is 2.35. The molecule has 0 aliphatic rings. The van der Waals surface area contributed by atoms with Crippen LogP contribution in [0.4, 0.5) is 0 Å². The number of carboxylic acids is 1. The van der Waals surface area contributed by atoms with Crippen molar-refractivity contribution in [1.29, 1.82) is 0 Å². The van der Waals surface area contributed by atoms with Crippen LogP contribution in [0.3, 0.4) is 0 Å². The molecule has 102 valence electrons. The third-order valence-electron chi connectivity index (χ3n) is 2.71. The van der Waals surface area contributed by atoms with Gasteiger partial charge in [0.15, 0.2) is 0 Å². The van der Waals surface area contributed by atoms with Crippen LogP contribution in [0.1, 0.15) is 26.7 Å². The highest BCUT2D eigenvalue weighted by atomic mass is 32.2. The van der Waals surface area contributed by atoms with Crippen LogP contribution in [0.25, 0.3) is 0 Å². The van der Waals surface area contributed by atoms with E-state index in [1.807, 2.05) is 13.8 Å². The van der Waals surface area contributed by atoms with E-state index in [0.717, 1.165) is 0 Å². The number of thioether (sulfide) groups is 1. The van der Waals surface area contributed by atoms with E-state index in [4.69, 9.17) is 17.3 Å². The summed E-state index contributed by atoms with van der Waals surface area (Å²) < 4.78 is 0. The van der Waals surface area contributed by atoms with Gasteiger partial charge in [0.2, 0.25) is 5.91 Å². The first-order chi connectivity index (χ1) is 8.40. The SMILES string of the molecule is C#CC(CC)(CC)NC(=O)CSC[C@@H](N)C(=O)O. The molecule has 0 unspecified atom stereocenters. The van der Waals surface area contributed by atoms with E-state index < -0.39 is 17.6 Å². The Morgan fingerprint density at radius 1 is 1.50 bits per heavy atom. The zero-order valence-electron chi connectivity index (χ0n) is 10.7. The molecule has 4 N–H and O–H groups in total. The molecule has 0 spiro atoms. The molecule has 18 heavy (non-hydrogen) atoms. The average molecular weight is 272 g/mol. The molecule has 0 rings (SSSR count). The van der Waals surface area contributed by atoms with E-state index in [0.29, 0.717) is 12.8 Å². The van der Waals surface area contributed by atoms with Gasteiger partial charge in [-0.25, -0.2) is 0 Å². The number of hydrogen-bond donors (Lipinski definition) is 3. The summed E-state index contributed by atoms with van der Waals surface area (Å²) in [6.45, 7) is 3.83. The maximum atomic E-state index is 11.7. The fraction of sp³-hybridized carbons (Fsp3) is 0.667. The highest BCUT2D eigenvalue weighted by Gasteiger charge is 2.25. The van der Waals surface area contributed by atoms with Crippen molar-refractivity contribution in [2.24, 2.45) is 5.73 Å². The van der Waals surface area contributed by atoms with Crippen LogP contribution in [-0.2, 0) is 9.59 Å². The number of amides is 1. The molecule has 0 aromatic rings. The summed E-state index contributed by atoms with van der Waals surface area (Å²) in [6, 6.07) is -0.947. The summed E-state index contributed by atoms with van der Waals surface area (Å²) >= 11 is 1.18. The molecule has 0 aliphatic carbocycles. The molecular formula is C12H20N2O3S. The van der Waals surface area contributed by atoms with Gasteiger partial charge in [0.1, 0.15) is 11.6 Å². The van der Waals surface area contributed by atoms with Crippen LogP contribution in [0.2, 0.25) is 0 Å². The summed E-state index contributed by atoms with van der Waals surface area (Å²) in [5, 5.41) is 11.4. The Hall–Kier alpha value is -1.19. The van der Waals surface area contributed by atoms with Crippen LogP contribution in [0.5, 0.6) is 0 Å². The van der Waals surface area contributed by atoms with Crippen molar-refractivity contribution in [3.8, 4) is 12.3 Å². The Morgan fingerprint density at radius 2 is 2.06 bits per heavy atom. The number of nitrogens with one attached hydrogen (secondary N) is 1. The maximum Gasteiger partial charge on any atom is 0.321 e. The van der Waals surface area contributed by atoms with Crippen molar-refractivity contribution in [3.05, 3.63) is 0 Å². The Labute approximate surface area is 112 Å². The number of aliphatic carboxylic acids is 1. The van der Waals surface area contributed by atoms with Crippen LogP contribution < -0.4 is 11.1 Å². The summed E-state index contributed by atoms with van der Waals surface area (Å²) in [4.78, 5) is 22.1. The molecule has 0 aliphatic heterocycles. The lowest BCUT2D eigenvalue weighted by atomic mass is 9.94. The second kappa shape index (κ2) is 8.01. The second-order valence-corrected chi connectivity index (χ2v) is 4.97. The Bertz CT molecular complexity index is 335. The Kier molecular flexibility index (Phi) is 7.48. The van der Waals surface area contributed by atoms with Gasteiger partial charge in [-0.3, -0.25) is 9.59 Å². The van der Waals surface area contributed by atoms with Crippen molar-refractivity contribution in [2.45, 2.75) is 38.3 Å². The van der Waals surface area contributed by atoms with Gasteiger partial charge in [0.25, 0.3) is 0 Å². The number of carbonyl (C=O) groups excluding carboxylic acids is 1. The summed E-state index contributed by atoms with van der Waals surface area (Å²) in [5.74, 6) is 1.70. The standard InChI is InChI=1S/C12H20N2O3S/c1-4-12(5-2,6-3)14-10(15)8-18-7-9(13)11(16)17/h1,9H,5-8,13H2,2-3H3,(H,14,15)(H,16,17)/t9-/m1/s1. The quantitative estimate of drug-likeness (QED) is 0.558. The molecule has 0 fully saturated rings. The molecule has 0 saturated carbocycles. The van der Waals surface area contributed by atoms with E-state index >= 15 is 0 Å². The molecule has 1 amide bonds. The van der Waals surface area contributed by atoms with Crippen LogP contribution in [0, 0.1) is 12.3 Å². The molecule has 5 nitrogen and oxygen atoms in total. The number of rotatable bonds is 8.